The predicted octanol–water partition coefficient (Wildman–Crippen LogP) is 2.82. The molecule has 0 fully saturated rings. The van der Waals surface area contributed by atoms with Gasteiger partial charge in [0.15, 0.2) is 11.3 Å². The van der Waals surface area contributed by atoms with Crippen LogP contribution in [0.5, 0.6) is 0 Å². The van der Waals surface area contributed by atoms with Crippen molar-refractivity contribution in [2.45, 2.75) is 6.42 Å². The smallest absolute Gasteiger partial charge is 0.274 e. The van der Waals surface area contributed by atoms with Crippen molar-refractivity contribution in [2.75, 3.05) is 13.1 Å². The van der Waals surface area contributed by atoms with E-state index in [4.69, 9.17) is 0 Å². The van der Waals surface area contributed by atoms with Crippen LogP contribution in [0.2, 0.25) is 0 Å². The lowest BCUT2D eigenvalue weighted by Crippen LogP contribution is -2.34. The van der Waals surface area contributed by atoms with Gasteiger partial charge in [-0.05, 0) is 39.6 Å². The number of carbonyl (C=O) groups excluding carboxylic acids is 1. The highest BCUT2D eigenvalue weighted by Crippen LogP contribution is 2.22. The van der Waals surface area contributed by atoms with Gasteiger partial charge in [0.25, 0.3) is 5.91 Å². The van der Waals surface area contributed by atoms with Gasteiger partial charge in [0, 0.05) is 43.9 Å². The van der Waals surface area contributed by atoms with Crippen LogP contribution in [0.4, 0.5) is 0 Å². The fourth-order valence-electron chi connectivity index (χ4n) is 2.79. The van der Waals surface area contributed by atoms with E-state index in [9.17, 15) is 4.79 Å². The Labute approximate surface area is 147 Å². The number of hydrogen-bond donors (Lipinski definition) is 0. The first kappa shape index (κ1) is 15.0. The number of rotatable bonds is 2. The lowest BCUT2D eigenvalue weighted by Gasteiger charge is -2.25. The van der Waals surface area contributed by atoms with E-state index in [1.54, 1.807) is 34.1 Å². The van der Waals surface area contributed by atoms with Gasteiger partial charge in [-0.3, -0.25) is 9.78 Å². The highest BCUT2D eigenvalue weighted by atomic mass is 79.9. The summed E-state index contributed by atoms with van der Waals surface area (Å²) in [5, 5.41) is 4.33. The lowest BCUT2D eigenvalue weighted by atomic mass is 10.0. The molecule has 1 aliphatic heterocycles. The molecule has 7 heteroatoms. The van der Waals surface area contributed by atoms with Crippen molar-refractivity contribution in [3.05, 3.63) is 64.8 Å². The van der Waals surface area contributed by atoms with E-state index in [-0.39, 0.29) is 5.91 Å². The summed E-state index contributed by atoms with van der Waals surface area (Å²) in [6.45, 7) is 1.25. The summed E-state index contributed by atoms with van der Waals surface area (Å²) in [5.74, 6) is -0.0712. The maximum absolute atomic E-state index is 12.7. The fraction of sp³-hybridized carbons (Fsp3) is 0.176. The summed E-state index contributed by atoms with van der Waals surface area (Å²) in [6, 6.07) is 5.69. The van der Waals surface area contributed by atoms with E-state index in [0.717, 1.165) is 16.5 Å². The van der Waals surface area contributed by atoms with Gasteiger partial charge in [-0.1, -0.05) is 12.1 Å². The minimum Gasteiger partial charge on any atom is -0.333 e. The summed E-state index contributed by atoms with van der Waals surface area (Å²) in [7, 11) is 0. The molecule has 4 rings (SSSR count). The van der Waals surface area contributed by atoms with Crippen LogP contribution >= 0.6 is 15.9 Å². The summed E-state index contributed by atoms with van der Waals surface area (Å²) < 4.78 is 2.43. The van der Waals surface area contributed by atoms with Crippen molar-refractivity contribution < 1.29 is 4.79 Å². The SMILES string of the molecule is O=C(c1cc2ncc(Br)cn2n1)N1CC=C(c2cccnc2)CC1. The molecule has 0 saturated carbocycles. The van der Waals surface area contributed by atoms with Gasteiger partial charge >= 0.3 is 0 Å². The van der Waals surface area contributed by atoms with Crippen LogP contribution in [-0.4, -0.2) is 43.5 Å². The number of halogens is 1. The predicted molar refractivity (Wildman–Crippen MR) is 93.4 cm³/mol. The van der Waals surface area contributed by atoms with Gasteiger partial charge < -0.3 is 4.90 Å². The lowest BCUT2D eigenvalue weighted by molar-refractivity contribution is 0.0766. The van der Waals surface area contributed by atoms with Crippen molar-refractivity contribution in [1.29, 1.82) is 0 Å². The molecule has 0 aliphatic carbocycles. The van der Waals surface area contributed by atoms with Crippen LogP contribution < -0.4 is 0 Å². The third-order valence-electron chi connectivity index (χ3n) is 4.03. The number of aromatic nitrogens is 4. The quantitative estimate of drug-likeness (QED) is 0.682. The van der Waals surface area contributed by atoms with Crippen molar-refractivity contribution >= 4 is 33.1 Å². The maximum atomic E-state index is 12.7. The number of fused-ring (bicyclic) bond motifs is 1. The number of carbonyl (C=O) groups is 1. The molecule has 0 atom stereocenters. The number of nitrogens with zero attached hydrogens (tertiary/aromatic N) is 5. The zero-order valence-electron chi connectivity index (χ0n) is 12.8. The minimum atomic E-state index is -0.0712. The third kappa shape index (κ3) is 2.82. The Morgan fingerprint density at radius 1 is 1.29 bits per heavy atom. The molecule has 0 unspecified atom stereocenters. The second-order valence-corrected chi connectivity index (χ2v) is 6.49. The molecule has 6 nitrogen and oxygen atoms in total. The molecule has 0 aromatic carbocycles. The van der Waals surface area contributed by atoms with E-state index in [1.165, 1.54) is 5.57 Å². The fourth-order valence-corrected chi connectivity index (χ4v) is 3.09. The average molecular weight is 384 g/mol. The Hall–Kier alpha value is -2.54. The second kappa shape index (κ2) is 6.16. The van der Waals surface area contributed by atoms with Crippen LogP contribution in [0.3, 0.4) is 0 Å². The van der Waals surface area contributed by atoms with Crippen molar-refractivity contribution in [1.82, 2.24) is 24.5 Å². The van der Waals surface area contributed by atoms with Crippen LogP contribution in [0, 0.1) is 0 Å². The summed E-state index contributed by atoms with van der Waals surface area (Å²) in [5.41, 5.74) is 3.42. The van der Waals surface area contributed by atoms with Gasteiger partial charge in [-0.15, -0.1) is 0 Å². The van der Waals surface area contributed by atoms with Crippen molar-refractivity contribution in [3.8, 4) is 0 Å². The molecule has 3 aromatic rings. The summed E-state index contributed by atoms with van der Waals surface area (Å²) in [4.78, 5) is 22.9. The Morgan fingerprint density at radius 2 is 2.21 bits per heavy atom. The first-order valence-corrected chi connectivity index (χ1v) is 8.39. The van der Waals surface area contributed by atoms with E-state index in [1.807, 2.05) is 18.3 Å². The molecule has 0 saturated heterocycles. The van der Waals surface area contributed by atoms with Crippen molar-refractivity contribution in [2.24, 2.45) is 0 Å². The molecule has 1 aliphatic rings. The zero-order chi connectivity index (χ0) is 16.5. The molecular weight excluding hydrogens is 370 g/mol. The van der Waals surface area contributed by atoms with Gasteiger partial charge in [-0.2, -0.15) is 5.10 Å². The average Bonchev–Trinajstić information content (AvgIpc) is 3.05. The molecule has 120 valence electrons. The minimum absolute atomic E-state index is 0.0712. The van der Waals surface area contributed by atoms with E-state index < -0.39 is 0 Å². The molecule has 3 aromatic heterocycles. The highest BCUT2D eigenvalue weighted by Gasteiger charge is 2.22. The molecule has 0 radical (unpaired) electrons. The van der Waals surface area contributed by atoms with E-state index >= 15 is 0 Å². The standard InChI is InChI=1S/C17H14BrN5O/c18-14-10-20-16-8-15(21-23(16)11-14)17(24)22-6-3-12(4-7-22)13-2-1-5-19-9-13/h1-3,5,8-11H,4,6-7H2. The molecule has 0 N–H and O–H groups in total. The van der Waals surface area contributed by atoms with Crippen LogP contribution in [0.25, 0.3) is 11.2 Å². The molecule has 4 heterocycles. The number of hydrogen-bond acceptors (Lipinski definition) is 4. The number of amides is 1. The van der Waals surface area contributed by atoms with Gasteiger partial charge in [0.05, 0.1) is 4.47 Å². The number of pyridine rings is 1. The van der Waals surface area contributed by atoms with Gasteiger partial charge in [-0.25, -0.2) is 9.50 Å². The van der Waals surface area contributed by atoms with E-state index in [0.29, 0.717) is 24.4 Å². The first-order chi connectivity index (χ1) is 11.7. The van der Waals surface area contributed by atoms with Gasteiger partial charge in [0.2, 0.25) is 0 Å². The Balaban J connectivity index is 1.54. The summed E-state index contributed by atoms with van der Waals surface area (Å²) in [6.07, 6.45) is 10.00. The summed E-state index contributed by atoms with van der Waals surface area (Å²) >= 11 is 3.35. The van der Waals surface area contributed by atoms with Crippen LogP contribution in [-0.2, 0) is 0 Å². The molecule has 24 heavy (non-hydrogen) atoms. The molecule has 0 bridgehead atoms. The Kier molecular flexibility index (Phi) is 3.86. The topological polar surface area (TPSA) is 63.4 Å². The third-order valence-corrected chi connectivity index (χ3v) is 4.44. The zero-order valence-corrected chi connectivity index (χ0v) is 14.3. The van der Waals surface area contributed by atoms with Gasteiger partial charge in [0.1, 0.15) is 0 Å². The first-order valence-electron chi connectivity index (χ1n) is 7.60. The van der Waals surface area contributed by atoms with Crippen LogP contribution in [0.15, 0.2) is 53.5 Å². The highest BCUT2D eigenvalue weighted by molar-refractivity contribution is 9.10. The molecule has 1 amide bonds. The Bertz CT molecular complexity index is 935. The molecule has 0 spiro atoms. The molecular formula is C17H14BrN5O. The monoisotopic (exact) mass is 383 g/mol. The Morgan fingerprint density at radius 3 is 2.96 bits per heavy atom. The maximum Gasteiger partial charge on any atom is 0.274 e. The second-order valence-electron chi connectivity index (χ2n) is 5.58. The normalized spacial score (nSPS) is 14.7. The van der Waals surface area contributed by atoms with E-state index in [2.05, 4.69) is 37.1 Å². The van der Waals surface area contributed by atoms with Crippen LogP contribution in [0.1, 0.15) is 22.5 Å². The largest absolute Gasteiger partial charge is 0.333 e. The van der Waals surface area contributed by atoms with Crippen molar-refractivity contribution in [3.63, 3.8) is 0 Å².